The molecule has 0 spiro atoms. The van der Waals surface area contributed by atoms with Gasteiger partial charge in [0.15, 0.2) is 18.9 Å². The molecular formula is C10H12BrN. The molecule has 1 aromatic heterocycles. The molecule has 0 unspecified atom stereocenters. The number of rotatable bonds is 3. The van der Waals surface area contributed by atoms with Crippen LogP contribution in [-0.2, 0) is 6.54 Å². The first-order valence-corrected chi connectivity index (χ1v) is 3.59. The minimum Gasteiger partial charge on any atom is -1.00 e. The molecule has 1 heterocycles. The summed E-state index contributed by atoms with van der Waals surface area (Å²) in [6.07, 6.45) is 7.73. The maximum absolute atomic E-state index is 3.68. The van der Waals surface area contributed by atoms with Crippen molar-refractivity contribution in [3.8, 4) is 0 Å². The van der Waals surface area contributed by atoms with Crippen LogP contribution in [0.15, 0.2) is 43.8 Å². The molecule has 1 aromatic rings. The number of hydrogen-bond acceptors (Lipinski definition) is 0. The molecule has 0 N–H and O–H groups in total. The Labute approximate surface area is 83.8 Å². The highest BCUT2D eigenvalue weighted by molar-refractivity contribution is 5.44. The lowest BCUT2D eigenvalue weighted by Crippen LogP contribution is -3.00. The smallest absolute Gasteiger partial charge is 0.169 e. The molecule has 0 aliphatic carbocycles. The fourth-order valence-corrected chi connectivity index (χ4v) is 0.876. The van der Waals surface area contributed by atoms with Crippen LogP contribution in [0.3, 0.4) is 0 Å². The Bertz CT molecular complexity index is 251. The van der Waals surface area contributed by atoms with Gasteiger partial charge in [-0.05, 0) is 11.6 Å². The molecule has 64 valence electrons. The lowest BCUT2D eigenvalue weighted by molar-refractivity contribution is -0.687. The molecule has 1 nitrogen and oxygen atoms in total. The number of halogens is 1. The standard InChI is InChI=1S/C10H12N.BrH/c1-3-7-11-8-5-10(4-2)6-9-11;/h3-6,8-9H,1-2,7H2;1H/q+1;/p-1. The number of pyridine rings is 1. The van der Waals surface area contributed by atoms with Gasteiger partial charge in [0.2, 0.25) is 0 Å². The Morgan fingerprint density at radius 3 is 2.25 bits per heavy atom. The molecule has 0 aliphatic heterocycles. The van der Waals surface area contributed by atoms with Crippen LogP contribution in [0.1, 0.15) is 5.56 Å². The number of allylic oxidation sites excluding steroid dienone is 1. The van der Waals surface area contributed by atoms with Crippen molar-refractivity contribution in [3.05, 3.63) is 49.3 Å². The first-order chi connectivity index (χ1) is 5.36. The first kappa shape index (κ1) is 11.1. The van der Waals surface area contributed by atoms with E-state index in [1.54, 1.807) is 0 Å². The lowest BCUT2D eigenvalue weighted by atomic mass is 10.3. The second-order valence-electron chi connectivity index (χ2n) is 2.32. The zero-order valence-corrected chi connectivity index (χ0v) is 8.50. The van der Waals surface area contributed by atoms with Gasteiger partial charge in [-0.2, -0.15) is 0 Å². The van der Waals surface area contributed by atoms with Crippen molar-refractivity contribution in [2.24, 2.45) is 0 Å². The molecule has 0 bridgehead atoms. The summed E-state index contributed by atoms with van der Waals surface area (Å²) in [5.41, 5.74) is 1.14. The zero-order valence-electron chi connectivity index (χ0n) is 6.91. The summed E-state index contributed by atoms with van der Waals surface area (Å²) >= 11 is 0. The van der Waals surface area contributed by atoms with Crippen molar-refractivity contribution < 1.29 is 21.5 Å². The molecule has 0 amide bonds. The minimum atomic E-state index is 0. The van der Waals surface area contributed by atoms with E-state index in [0.717, 1.165) is 12.1 Å². The molecule has 0 fully saturated rings. The van der Waals surface area contributed by atoms with Crippen LogP contribution in [0.4, 0.5) is 0 Å². The maximum atomic E-state index is 3.68. The van der Waals surface area contributed by atoms with Gasteiger partial charge in [0.1, 0.15) is 0 Å². The van der Waals surface area contributed by atoms with E-state index in [1.807, 2.05) is 36.7 Å². The quantitative estimate of drug-likeness (QED) is 0.450. The molecular weight excluding hydrogens is 214 g/mol. The Balaban J connectivity index is 0.00000121. The van der Waals surface area contributed by atoms with Gasteiger partial charge in [-0.25, -0.2) is 4.57 Å². The van der Waals surface area contributed by atoms with Crippen LogP contribution in [0.5, 0.6) is 0 Å². The van der Waals surface area contributed by atoms with E-state index >= 15 is 0 Å². The summed E-state index contributed by atoms with van der Waals surface area (Å²) in [4.78, 5) is 0. The third kappa shape index (κ3) is 3.01. The largest absolute Gasteiger partial charge is 1.00 e. The predicted octanol–water partition coefficient (Wildman–Crippen LogP) is -1.19. The second-order valence-corrected chi connectivity index (χ2v) is 2.32. The Kier molecular flexibility index (Phi) is 5.30. The van der Waals surface area contributed by atoms with Crippen LogP contribution < -0.4 is 21.5 Å². The Morgan fingerprint density at radius 1 is 1.25 bits per heavy atom. The highest BCUT2D eigenvalue weighted by atomic mass is 79.9. The molecule has 0 atom stereocenters. The van der Waals surface area contributed by atoms with Gasteiger partial charge in [0, 0.05) is 12.1 Å². The topological polar surface area (TPSA) is 3.88 Å². The van der Waals surface area contributed by atoms with E-state index in [2.05, 4.69) is 17.7 Å². The first-order valence-electron chi connectivity index (χ1n) is 3.59. The summed E-state index contributed by atoms with van der Waals surface area (Å²) < 4.78 is 2.06. The van der Waals surface area contributed by atoms with Gasteiger partial charge in [-0.1, -0.05) is 19.2 Å². The average molecular weight is 226 g/mol. The fraction of sp³-hybridized carbons (Fsp3) is 0.100. The normalized spacial score (nSPS) is 8.33. The van der Waals surface area contributed by atoms with E-state index in [1.165, 1.54) is 0 Å². The molecule has 2 heteroatoms. The van der Waals surface area contributed by atoms with E-state index in [4.69, 9.17) is 0 Å². The molecule has 0 radical (unpaired) electrons. The fourth-order valence-electron chi connectivity index (χ4n) is 0.876. The van der Waals surface area contributed by atoms with Crippen molar-refractivity contribution >= 4 is 6.08 Å². The summed E-state index contributed by atoms with van der Waals surface area (Å²) in [7, 11) is 0. The highest BCUT2D eigenvalue weighted by Gasteiger charge is 1.93. The minimum absolute atomic E-state index is 0. The van der Waals surface area contributed by atoms with Gasteiger partial charge in [0.05, 0.1) is 0 Å². The zero-order chi connectivity index (χ0) is 8.10. The SMILES string of the molecule is C=CC[n+]1ccc(C=C)cc1.[Br-]. The highest BCUT2D eigenvalue weighted by Crippen LogP contribution is 1.94. The van der Waals surface area contributed by atoms with Crippen molar-refractivity contribution in [1.82, 2.24) is 0 Å². The van der Waals surface area contributed by atoms with Crippen molar-refractivity contribution in [1.29, 1.82) is 0 Å². The van der Waals surface area contributed by atoms with Gasteiger partial charge in [0.25, 0.3) is 0 Å². The third-order valence-corrected chi connectivity index (χ3v) is 1.49. The summed E-state index contributed by atoms with van der Waals surface area (Å²) in [5, 5.41) is 0. The molecule has 0 aromatic carbocycles. The predicted molar refractivity (Wildman–Crippen MR) is 46.9 cm³/mol. The molecule has 0 saturated carbocycles. The van der Waals surface area contributed by atoms with Crippen LogP contribution >= 0.6 is 0 Å². The van der Waals surface area contributed by atoms with E-state index < -0.39 is 0 Å². The molecule has 12 heavy (non-hydrogen) atoms. The van der Waals surface area contributed by atoms with Gasteiger partial charge in [-0.3, -0.25) is 0 Å². The molecule has 0 aliphatic rings. The monoisotopic (exact) mass is 225 g/mol. The van der Waals surface area contributed by atoms with E-state index in [9.17, 15) is 0 Å². The van der Waals surface area contributed by atoms with Crippen molar-refractivity contribution in [3.63, 3.8) is 0 Å². The number of hydrogen-bond donors (Lipinski definition) is 0. The van der Waals surface area contributed by atoms with Crippen LogP contribution in [0.2, 0.25) is 0 Å². The van der Waals surface area contributed by atoms with Crippen molar-refractivity contribution in [2.75, 3.05) is 0 Å². The van der Waals surface area contributed by atoms with E-state index in [0.29, 0.717) is 0 Å². The molecule has 1 rings (SSSR count). The summed E-state index contributed by atoms with van der Waals surface area (Å²) in [6, 6.07) is 4.05. The van der Waals surface area contributed by atoms with Crippen LogP contribution in [0.25, 0.3) is 6.08 Å². The Hall–Kier alpha value is -0.890. The van der Waals surface area contributed by atoms with Crippen LogP contribution in [0, 0.1) is 0 Å². The maximum Gasteiger partial charge on any atom is 0.169 e. The van der Waals surface area contributed by atoms with Gasteiger partial charge < -0.3 is 17.0 Å². The van der Waals surface area contributed by atoms with Gasteiger partial charge in [-0.15, -0.1) is 0 Å². The van der Waals surface area contributed by atoms with E-state index in [-0.39, 0.29) is 17.0 Å². The number of nitrogens with zero attached hydrogens (tertiary/aromatic N) is 1. The lowest BCUT2D eigenvalue weighted by Gasteiger charge is -1.91. The number of aromatic nitrogens is 1. The van der Waals surface area contributed by atoms with Crippen molar-refractivity contribution in [2.45, 2.75) is 6.54 Å². The summed E-state index contributed by atoms with van der Waals surface area (Å²) in [5.74, 6) is 0. The third-order valence-electron chi connectivity index (χ3n) is 1.49. The van der Waals surface area contributed by atoms with Gasteiger partial charge >= 0.3 is 0 Å². The summed E-state index contributed by atoms with van der Waals surface area (Å²) in [6.45, 7) is 8.19. The van der Waals surface area contributed by atoms with Crippen LogP contribution in [-0.4, -0.2) is 0 Å². The second kappa shape index (κ2) is 5.72. The average Bonchev–Trinajstić information content (AvgIpc) is 2.07. The molecule has 0 saturated heterocycles. The Morgan fingerprint density at radius 2 is 1.83 bits per heavy atom.